The van der Waals surface area contributed by atoms with Gasteiger partial charge in [0.1, 0.15) is 0 Å². The van der Waals surface area contributed by atoms with Gasteiger partial charge in [0, 0.05) is 0 Å². The summed E-state index contributed by atoms with van der Waals surface area (Å²) in [6.07, 6.45) is -0.898. The van der Waals surface area contributed by atoms with E-state index in [4.69, 9.17) is 18.5 Å². The Morgan fingerprint density at radius 2 is 1.15 bits per heavy atom. The topological polar surface area (TPSA) is 74.2 Å². The number of hydrogen-bond donors (Lipinski definition) is 1. The van der Waals surface area contributed by atoms with Crippen molar-refractivity contribution in [2.45, 2.75) is 52.5 Å². The van der Waals surface area contributed by atoms with Crippen molar-refractivity contribution in [3.8, 4) is 0 Å². The van der Waals surface area contributed by atoms with Crippen molar-refractivity contribution in [1.82, 2.24) is 0 Å². The SMILES string of the molecule is CCC(OCc1ccccc1)OP(=O)(O)OC(CC)OCc1ccccc1. The number of rotatable bonds is 12. The molecule has 0 saturated carbocycles. The fourth-order valence-electron chi connectivity index (χ4n) is 2.29. The molecule has 0 heterocycles. The smallest absolute Gasteiger partial charge is 0.347 e. The molecule has 2 unspecified atom stereocenters. The normalized spacial score (nSPS) is 15.8. The van der Waals surface area contributed by atoms with Gasteiger partial charge >= 0.3 is 7.82 Å². The van der Waals surface area contributed by atoms with Gasteiger partial charge < -0.3 is 14.4 Å². The second kappa shape index (κ2) is 11.3. The van der Waals surface area contributed by atoms with Crippen molar-refractivity contribution in [1.29, 1.82) is 0 Å². The highest BCUT2D eigenvalue weighted by Crippen LogP contribution is 2.47. The molecule has 2 aromatic rings. The minimum atomic E-state index is -4.33. The Labute approximate surface area is 160 Å². The third kappa shape index (κ3) is 8.35. The van der Waals surface area contributed by atoms with Gasteiger partial charge in [0.05, 0.1) is 13.2 Å². The van der Waals surface area contributed by atoms with E-state index in [1.807, 2.05) is 60.7 Å². The summed E-state index contributed by atoms with van der Waals surface area (Å²) in [6.45, 7) is 4.17. The average Bonchev–Trinajstić information content (AvgIpc) is 2.69. The lowest BCUT2D eigenvalue weighted by Crippen LogP contribution is -2.20. The van der Waals surface area contributed by atoms with Crippen LogP contribution in [0.1, 0.15) is 37.8 Å². The van der Waals surface area contributed by atoms with Gasteiger partial charge in [0.25, 0.3) is 0 Å². The van der Waals surface area contributed by atoms with Crippen LogP contribution in [0, 0.1) is 0 Å². The Hall–Kier alpha value is -1.53. The van der Waals surface area contributed by atoms with Gasteiger partial charge in [-0.2, -0.15) is 0 Å². The summed E-state index contributed by atoms with van der Waals surface area (Å²) < 4.78 is 33.9. The number of phosphoric acid groups is 1. The molecular formula is C20H27O6P. The lowest BCUT2D eigenvalue weighted by Gasteiger charge is -2.23. The first kappa shape index (κ1) is 21.8. The van der Waals surface area contributed by atoms with E-state index >= 15 is 0 Å². The first-order valence-electron chi connectivity index (χ1n) is 9.03. The molecule has 0 aliphatic heterocycles. The van der Waals surface area contributed by atoms with Crippen LogP contribution in [-0.2, 0) is 36.3 Å². The molecule has 0 spiro atoms. The summed E-state index contributed by atoms with van der Waals surface area (Å²) >= 11 is 0. The molecule has 2 atom stereocenters. The third-order valence-corrected chi connectivity index (χ3v) is 4.73. The predicted octanol–water partition coefficient (Wildman–Crippen LogP) is 5.03. The van der Waals surface area contributed by atoms with Crippen LogP contribution >= 0.6 is 7.82 Å². The van der Waals surface area contributed by atoms with Crippen LogP contribution < -0.4 is 0 Å². The maximum atomic E-state index is 12.3. The van der Waals surface area contributed by atoms with Crippen LogP contribution in [0.2, 0.25) is 0 Å². The fraction of sp³-hybridized carbons (Fsp3) is 0.400. The molecule has 0 aromatic heterocycles. The zero-order chi connectivity index (χ0) is 19.5. The summed E-state index contributed by atoms with van der Waals surface area (Å²) in [4.78, 5) is 10.1. The standard InChI is InChI=1S/C20H27O6P/c1-3-19(23-15-17-11-7-5-8-12-17)25-27(21,22)26-20(4-2)24-16-18-13-9-6-10-14-18/h5-14,19-20H,3-4,15-16H2,1-2H3,(H,21,22). The maximum Gasteiger partial charge on any atom is 0.476 e. The Kier molecular flexibility index (Phi) is 9.15. The molecule has 2 aromatic carbocycles. The van der Waals surface area contributed by atoms with Crippen LogP contribution in [0.4, 0.5) is 0 Å². The molecule has 0 amide bonds. The highest BCUT2D eigenvalue weighted by Gasteiger charge is 2.30. The summed E-state index contributed by atoms with van der Waals surface area (Å²) in [5.41, 5.74) is 1.90. The van der Waals surface area contributed by atoms with Crippen LogP contribution in [0.15, 0.2) is 60.7 Å². The van der Waals surface area contributed by atoms with E-state index in [2.05, 4.69) is 0 Å². The fourth-order valence-corrected chi connectivity index (χ4v) is 3.36. The van der Waals surface area contributed by atoms with Crippen molar-refractivity contribution in [3.63, 3.8) is 0 Å². The zero-order valence-electron chi connectivity index (χ0n) is 15.7. The van der Waals surface area contributed by atoms with Gasteiger partial charge in [-0.15, -0.1) is 0 Å². The van der Waals surface area contributed by atoms with E-state index in [-0.39, 0.29) is 13.2 Å². The molecule has 7 heteroatoms. The van der Waals surface area contributed by atoms with Crippen molar-refractivity contribution in [2.24, 2.45) is 0 Å². The molecular weight excluding hydrogens is 367 g/mol. The van der Waals surface area contributed by atoms with E-state index in [9.17, 15) is 9.46 Å². The first-order valence-corrected chi connectivity index (χ1v) is 10.5. The van der Waals surface area contributed by atoms with Crippen LogP contribution in [0.25, 0.3) is 0 Å². The molecule has 6 nitrogen and oxygen atoms in total. The summed E-state index contributed by atoms with van der Waals surface area (Å²) in [7, 11) is -4.33. The Morgan fingerprint density at radius 3 is 1.48 bits per heavy atom. The van der Waals surface area contributed by atoms with Crippen molar-refractivity contribution in [3.05, 3.63) is 71.8 Å². The second-order valence-electron chi connectivity index (χ2n) is 5.95. The molecule has 0 saturated heterocycles. The highest BCUT2D eigenvalue weighted by atomic mass is 31.2. The van der Waals surface area contributed by atoms with Crippen molar-refractivity contribution >= 4 is 7.82 Å². The molecule has 27 heavy (non-hydrogen) atoms. The Balaban J connectivity index is 1.83. The second-order valence-corrected chi connectivity index (χ2v) is 7.31. The van der Waals surface area contributed by atoms with Gasteiger partial charge in [-0.3, -0.25) is 9.05 Å². The Bertz CT molecular complexity index is 637. The molecule has 0 fully saturated rings. The number of hydrogen-bond acceptors (Lipinski definition) is 5. The molecule has 2 rings (SSSR count). The summed E-state index contributed by atoms with van der Waals surface area (Å²) in [5.74, 6) is 0. The molecule has 0 aliphatic carbocycles. The molecule has 148 valence electrons. The minimum Gasteiger partial charge on any atom is -0.347 e. The van der Waals surface area contributed by atoms with Gasteiger partial charge in [-0.25, -0.2) is 4.57 Å². The maximum absolute atomic E-state index is 12.3. The lowest BCUT2D eigenvalue weighted by molar-refractivity contribution is -0.138. The zero-order valence-corrected chi connectivity index (χ0v) is 16.6. The third-order valence-electron chi connectivity index (χ3n) is 3.73. The largest absolute Gasteiger partial charge is 0.476 e. The van der Waals surface area contributed by atoms with E-state index in [1.54, 1.807) is 13.8 Å². The number of ether oxygens (including phenoxy) is 2. The van der Waals surface area contributed by atoms with Gasteiger partial charge in [0.15, 0.2) is 12.6 Å². The highest BCUT2D eigenvalue weighted by molar-refractivity contribution is 7.47. The Morgan fingerprint density at radius 1 is 0.778 bits per heavy atom. The number of phosphoric ester groups is 1. The van der Waals surface area contributed by atoms with Crippen LogP contribution in [0.5, 0.6) is 0 Å². The van der Waals surface area contributed by atoms with Gasteiger partial charge in [-0.1, -0.05) is 74.5 Å². The van der Waals surface area contributed by atoms with E-state index < -0.39 is 20.4 Å². The molecule has 0 radical (unpaired) electrons. The summed E-state index contributed by atoms with van der Waals surface area (Å²) in [6, 6.07) is 19.1. The van der Waals surface area contributed by atoms with E-state index in [0.29, 0.717) is 12.8 Å². The summed E-state index contributed by atoms with van der Waals surface area (Å²) in [5, 5.41) is 0. The molecule has 0 aliphatic rings. The van der Waals surface area contributed by atoms with Crippen LogP contribution in [-0.4, -0.2) is 17.5 Å². The van der Waals surface area contributed by atoms with E-state index in [1.165, 1.54) is 0 Å². The molecule has 0 bridgehead atoms. The van der Waals surface area contributed by atoms with Gasteiger partial charge in [0.2, 0.25) is 0 Å². The minimum absolute atomic E-state index is 0.279. The van der Waals surface area contributed by atoms with Crippen molar-refractivity contribution < 1.29 is 28.0 Å². The van der Waals surface area contributed by atoms with Gasteiger partial charge in [-0.05, 0) is 24.0 Å². The first-order chi connectivity index (χ1) is 13.0. The van der Waals surface area contributed by atoms with Crippen molar-refractivity contribution in [2.75, 3.05) is 0 Å². The van der Waals surface area contributed by atoms with E-state index in [0.717, 1.165) is 11.1 Å². The van der Waals surface area contributed by atoms with Crippen LogP contribution in [0.3, 0.4) is 0 Å². The quantitative estimate of drug-likeness (QED) is 0.402. The monoisotopic (exact) mass is 394 g/mol. The molecule has 1 N–H and O–H groups in total. The number of benzene rings is 2. The lowest BCUT2D eigenvalue weighted by atomic mass is 10.2. The average molecular weight is 394 g/mol. The predicted molar refractivity (Wildman–Crippen MR) is 103 cm³/mol.